The number of benzene rings is 2. The van der Waals surface area contributed by atoms with E-state index in [-0.39, 0.29) is 23.6 Å². The third-order valence-electron chi connectivity index (χ3n) is 4.60. The number of amides is 1. The molecular formula is C24H25ClN2O5. The number of halogens is 1. The van der Waals surface area contributed by atoms with Crippen LogP contribution in [0, 0.1) is 0 Å². The van der Waals surface area contributed by atoms with Crippen molar-refractivity contribution >= 4 is 41.1 Å². The predicted molar refractivity (Wildman–Crippen MR) is 124 cm³/mol. The number of hydrogen-bond donors (Lipinski definition) is 1. The molecule has 3 rings (SSSR count). The highest BCUT2D eigenvalue weighted by molar-refractivity contribution is 6.32. The van der Waals surface area contributed by atoms with Crippen molar-refractivity contribution in [2.24, 2.45) is 4.99 Å². The van der Waals surface area contributed by atoms with Crippen LogP contribution in [0.1, 0.15) is 45.2 Å². The van der Waals surface area contributed by atoms with Crippen LogP contribution in [0.15, 0.2) is 47.1 Å². The lowest BCUT2D eigenvalue weighted by atomic mass is 10.1. The quantitative estimate of drug-likeness (QED) is 0.434. The minimum absolute atomic E-state index is 0.0232. The Bertz CT molecular complexity index is 1080. The summed E-state index contributed by atoms with van der Waals surface area (Å²) in [4.78, 5) is 27.8. The van der Waals surface area contributed by atoms with E-state index in [0.717, 1.165) is 6.42 Å². The Labute approximate surface area is 192 Å². The van der Waals surface area contributed by atoms with Gasteiger partial charge in [-0.2, -0.15) is 0 Å². The minimum Gasteiger partial charge on any atom is -0.490 e. The zero-order valence-corrected chi connectivity index (χ0v) is 19.2. The maximum absolute atomic E-state index is 12.4. The van der Waals surface area contributed by atoms with Crippen LogP contribution in [-0.2, 0) is 14.3 Å². The van der Waals surface area contributed by atoms with Crippen molar-refractivity contribution < 1.29 is 23.8 Å². The molecule has 0 saturated heterocycles. The Morgan fingerprint density at radius 2 is 1.97 bits per heavy atom. The molecule has 0 saturated carbocycles. The van der Waals surface area contributed by atoms with Gasteiger partial charge < -0.3 is 19.5 Å². The van der Waals surface area contributed by atoms with Crippen LogP contribution in [0.25, 0.3) is 6.08 Å². The number of ether oxygens (including phenoxy) is 3. The Balaban J connectivity index is 1.89. The van der Waals surface area contributed by atoms with E-state index in [9.17, 15) is 9.59 Å². The fourth-order valence-electron chi connectivity index (χ4n) is 2.92. The van der Waals surface area contributed by atoms with Gasteiger partial charge in [0.1, 0.15) is 0 Å². The first-order valence-electron chi connectivity index (χ1n) is 10.3. The number of rotatable bonds is 8. The molecule has 0 aromatic heterocycles. The van der Waals surface area contributed by atoms with Gasteiger partial charge in [0, 0.05) is 18.2 Å². The Kier molecular flexibility index (Phi) is 7.53. The SMILES string of the molecule is CCOc1cc(/C=C2\N=C(c3ccc(NC(C)=O)cc3)OC2=O)cc(Cl)c1OC(C)CC. The van der Waals surface area contributed by atoms with Gasteiger partial charge in [-0.3, -0.25) is 4.79 Å². The van der Waals surface area contributed by atoms with Gasteiger partial charge in [0.05, 0.1) is 17.7 Å². The normalized spacial score (nSPS) is 15.2. The summed E-state index contributed by atoms with van der Waals surface area (Å²) in [5, 5.41) is 3.06. The average molecular weight is 457 g/mol. The molecule has 0 aliphatic carbocycles. The van der Waals surface area contributed by atoms with E-state index in [4.69, 9.17) is 25.8 Å². The Morgan fingerprint density at radius 3 is 2.59 bits per heavy atom. The number of carbonyl (C=O) groups excluding carboxylic acids is 2. The van der Waals surface area contributed by atoms with E-state index in [1.807, 2.05) is 20.8 Å². The molecule has 32 heavy (non-hydrogen) atoms. The van der Waals surface area contributed by atoms with E-state index < -0.39 is 5.97 Å². The molecule has 2 aromatic rings. The zero-order chi connectivity index (χ0) is 23.3. The third-order valence-corrected chi connectivity index (χ3v) is 4.88. The van der Waals surface area contributed by atoms with Gasteiger partial charge in [0.2, 0.25) is 11.8 Å². The van der Waals surface area contributed by atoms with Crippen molar-refractivity contribution in [3.63, 3.8) is 0 Å². The van der Waals surface area contributed by atoms with Crippen LogP contribution in [0.2, 0.25) is 5.02 Å². The first-order chi connectivity index (χ1) is 15.3. The molecular weight excluding hydrogens is 432 g/mol. The fraction of sp³-hybridized carbons (Fsp3) is 0.292. The number of carbonyl (C=O) groups is 2. The van der Waals surface area contributed by atoms with Crippen LogP contribution < -0.4 is 14.8 Å². The fourth-order valence-corrected chi connectivity index (χ4v) is 3.19. The van der Waals surface area contributed by atoms with Gasteiger partial charge in [-0.15, -0.1) is 0 Å². The van der Waals surface area contributed by atoms with Gasteiger partial charge >= 0.3 is 5.97 Å². The number of nitrogens with one attached hydrogen (secondary N) is 1. The molecule has 1 aliphatic rings. The molecule has 1 amide bonds. The summed E-state index contributed by atoms with van der Waals surface area (Å²) in [6.07, 6.45) is 2.38. The lowest BCUT2D eigenvalue weighted by Gasteiger charge is -2.18. The van der Waals surface area contributed by atoms with Crippen LogP contribution in [0.5, 0.6) is 11.5 Å². The van der Waals surface area contributed by atoms with Gasteiger partial charge in [-0.05, 0) is 68.3 Å². The Hall–Kier alpha value is -3.32. The Morgan fingerprint density at radius 1 is 1.25 bits per heavy atom. The van der Waals surface area contributed by atoms with Gasteiger partial charge in [0.15, 0.2) is 17.2 Å². The summed E-state index contributed by atoms with van der Waals surface area (Å²) < 4.78 is 16.9. The monoisotopic (exact) mass is 456 g/mol. The highest BCUT2D eigenvalue weighted by Gasteiger charge is 2.25. The molecule has 0 spiro atoms. The summed E-state index contributed by atoms with van der Waals surface area (Å²) in [6, 6.07) is 10.3. The number of esters is 1. The van der Waals surface area contributed by atoms with Crippen molar-refractivity contribution in [1.82, 2.24) is 0 Å². The molecule has 0 radical (unpaired) electrons. The van der Waals surface area contributed by atoms with E-state index in [2.05, 4.69) is 10.3 Å². The maximum Gasteiger partial charge on any atom is 0.363 e. The number of nitrogens with zero attached hydrogens (tertiary/aromatic N) is 1. The summed E-state index contributed by atoms with van der Waals surface area (Å²) in [5.41, 5.74) is 2.02. The highest BCUT2D eigenvalue weighted by atomic mass is 35.5. The minimum atomic E-state index is -0.569. The summed E-state index contributed by atoms with van der Waals surface area (Å²) in [7, 11) is 0. The number of aliphatic imine (C=N–C) groups is 1. The molecule has 1 atom stereocenters. The first kappa shape index (κ1) is 23.3. The van der Waals surface area contributed by atoms with E-state index in [1.165, 1.54) is 6.92 Å². The molecule has 1 aliphatic heterocycles. The molecule has 168 valence electrons. The number of cyclic esters (lactones) is 1. The second-order valence-electron chi connectivity index (χ2n) is 7.19. The van der Waals surface area contributed by atoms with Gasteiger partial charge in [0.25, 0.3) is 0 Å². The van der Waals surface area contributed by atoms with E-state index in [0.29, 0.717) is 39.9 Å². The predicted octanol–water partition coefficient (Wildman–Crippen LogP) is 5.22. The molecule has 1 N–H and O–H groups in total. The molecule has 8 heteroatoms. The highest BCUT2D eigenvalue weighted by Crippen LogP contribution is 2.38. The third kappa shape index (κ3) is 5.68. The van der Waals surface area contributed by atoms with Crippen LogP contribution >= 0.6 is 11.6 Å². The summed E-state index contributed by atoms with van der Waals surface area (Å²) >= 11 is 6.45. The summed E-state index contributed by atoms with van der Waals surface area (Å²) in [5.74, 6) is 0.417. The molecule has 0 fully saturated rings. The van der Waals surface area contributed by atoms with Crippen molar-refractivity contribution in [3.8, 4) is 11.5 Å². The van der Waals surface area contributed by atoms with Gasteiger partial charge in [-0.1, -0.05) is 18.5 Å². The molecule has 2 aromatic carbocycles. The van der Waals surface area contributed by atoms with Crippen LogP contribution in [0.3, 0.4) is 0 Å². The van der Waals surface area contributed by atoms with Crippen molar-refractivity contribution in [1.29, 1.82) is 0 Å². The molecule has 0 bridgehead atoms. The second-order valence-corrected chi connectivity index (χ2v) is 7.60. The topological polar surface area (TPSA) is 86.2 Å². The zero-order valence-electron chi connectivity index (χ0n) is 18.4. The standard InChI is InChI=1S/C24H25ClN2O5/c1-5-14(3)31-22-19(25)11-16(13-21(22)30-6-2)12-20-24(29)32-23(27-20)17-7-9-18(10-8-17)26-15(4)28/h7-14H,5-6H2,1-4H3,(H,26,28)/b20-12-. The van der Waals surface area contributed by atoms with Crippen molar-refractivity contribution in [2.75, 3.05) is 11.9 Å². The van der Waals surface area contributed by atoms with Gasteiger partial charge in [-0.25, -0.2) is 9.79 Å². The summed E-state index contributed by atoms with van der Waals surface area (Å²) in [6.45, 7) is 7.71. The smallest absolute Gasteiger partial charge is 0.363 e. The van der Waals surface area contributed by atoms with E-state index >= 15 is 0 Å². The molecule has 1 unspecified atom stereocenters. The van der Waals surface area contributed by atoms with Crippen LogP contribution in [0.4, 0.5) is 5.69 Å². The van der Waals surface area contributed by atoms with E-state index in [1.54, 1.807) is 42.5 Å². The largest absolute Gasteiger partial charge is 0.490 e. The maximum atomic E-state index is 12.4. The average Bonchev–Trinajstić information content (AvgIpc) is 3.11. The lowest BCUT2D eigenvalue weighted by Crippen LogP contribution is -2.11. The molecule has 7 nitrogen and oxygen atoms in total. The number of anilines is 1. The van der Waals surface area contributed by atoms with Crippen LogP contribution in [-0.4, -0.2) is 30.5 Å². The van der Waals surface area contributed by atoms with Crippen molar-refractivity contribution in [2.45, 2.75) is 40.2 Å². The lowest BCUT2D eigenvalue weighted by molar-refractivity contribution is -0.129. The second kappa shape index (κ2) is 10.3. The van der Waals surface area contributed by atoms with Crippen molar-refractivity contribution in [3.05, 3.63) is 58.2 Å². The number of hydrogen-bond acceptors (Lipinski definition) is 6. The first-order valence-corrected chi connectivity index (χ1v) is 10.7. The molecule has 1 heterocycles.